The molecule has 96 valence electrons. The van der Waals surface area contributed by atoms with E-state index >= 15 is 0 Å². The van der Waals surface area contributed by atoms with Gasteiger partial charge in [0.05, 0.1) is 6.04 Å². The predicted molar refractivity (Wildman–Crippen MR) is 72.7 cm³/mol. The molecule has 0 radical (unpaired) electrons. The standard InChI is InChI=1S/C11H14N4OS2/c1-6-4-18-11(13-6)7(2)14-10(16)8-5-17-9(3-12)15-8/h4-5,7H,3,12H2,1-2H3,(H,14,16). The Hall–Kier alpha value is -1.31. The van der Waals surface area contributed by atoms with Gasteiger partial charge in [0.15, 0.2) is 0 Å². The summed E-state index contributed by atoms with van der Waals surface area (Å²) in [5.41, 5.74) is 6.85. The van der Waals surface area contributed by atoms with Crippen molar-refractivity contribution in [2.24, 2.45) is 5.73 Å². The lowest BCUT2D eigenvalue weighted by atomic mass is 10.3. The summed E-state index contributed by atoms with van der Waals surface area (Å²) in [5.74, 6) is -0.189. The zero-order chi connectivity index (χ0) is 13.1. The molecule has 0 spiro atoms. The number of rotatable bonds is 4. The van der Waals surface area contributed by atoms with Gasteiger partial charge in [0, 0.05) is 23.0 Å². The minimum Gasteiger partial charge on any atom is -0.342 e. The summed E-state index contributed by atoms with van der Waals surface area (Å²) in [6.07, 6.45) is 0. The molecule has 2 aromatic heterocycles. The van der Waals surface area contributed by atoms with Gasteiger partial charge in [-0.05, 0) is 13.8 Å². The summed E-state index contributed by atoms with van der Waals surface area (Å²) in [6, 6.07) is -0.112. The summed E-state index contributed by atoms with van der Waals surface area (Å²) in [7, 11) is 0. The molecule has 7 heteroatoms. The van der Waals surface area contributed by atoms with Crippen molar-refractivity contribution in [2.45, 2.75) is 26.4 Å². The highest BCUT2D eigenvalue weighted by Crippen LogP contribution is 2.18. The lowest BCUT2D eigenvalue weighted by molar-refractivity contribution is 0.0935. The fraction of sp³-hybridized carbons (Fsp3) is 0.364. The smallest absolute Gasteiger partial charge is 0.271 e. The van der Waals surface area contributed by atoms with Crippen molar-refractivity contribution in [3.05, 3.63) is 32.2 Å². The van der Waals surface area contributed by atoms with Crippen molar-refractivity contribution in [3.63, 3.8) is 0 Å². The maximum absolute atomic E-state index is 11.9. The lowest BCUT2D eigenvalue weighted by Gasteiger charge is -2.09. The molecule has 0 saturated carbocycles. The van der Waals surface area contributed by atoms with Crippen LogP contribution in [0.25, 0.3) is 0 Å². The van der Waals surface area contributed by atoms with E-state index in [0.29, 0.717) is 12.2 Å². The molecule has 1 unspecified atom stereocenters. The molecule has 2 aromatic rings. The molecule has 18 heavy (non-hydrogen) atoms. The van der Waals surface area contributed by atoms with Crippen LogP contribution in [-0.2, 0) is 6.54 Å². The van der Waals surface area contributed by atoms with E-state index < -0.39 is 0 Å². The van der Waals surface area contributed by atoms with Gasteiger partial charge in [0.2, 0.25) is 0 Å². The van der Waals surface area contributed by atoms with Crippen molar-refractivity contribution < 1.29 is 4.79 Å². The SMILES string of the molecule is Cc1csc(C(C)NC(=O)c2csc(CN)n2)n1. The average Bonchev–Trinajstić information content (AvgIpc) is 2.97. The van der Waals surface area contributed by atoms with Gasteiger partial charge < -0.3 is 11.1 Å². The number of nitrogens with two attached hydrogens (primary N) is 1. The Kier molecular flexibility index (Phi) is 4.05. The van der Waals surface area contributed by atoms with E-state index in [1.54, 1.807) is 16.7 Å². The molecular weight excluding hydrogens is 268 g/mol. The van der Waals surface area contributed by atoms with E-state index in [1.807, 2.05) is 19.2 Å². The van der Waals surface area contributed by atoms with Gasteiger partial charge >= 0.3 is 0 Å². The monoisotopic (exact) mass is 282 g/mol. The molecule has 0 saturated heterocycles. The molecule has 5 nitrogen and oxygen atoms in total. The number of hydrogen-bond donors (Lipinski definition) is 2. The first kappa shape index (κ1) is 13.1. The molecule has 1 amide bonds. The van der Waals surface area contributed by atoms with Gasteiger partial charge in [0.1, 0.15) is 15.7 Å². The number of nitrogens with zero attached hydrogens (tertiary/aromatic N) is 2. The van der Waals surface area contributed by atoms with Crippen LogP contribution in [0.1, 0.15) is 39.2 Å². The second kappa shape index (κ2) is 5.55. The molecule has 0 aliphatic heterocycles. The van der Waals surface area contributed by atoms with E-state index in [4.69, 9.17) is 5.73 Å². The molecule has 0 aliphatic rings. The second-order valence-corrected chi connectivity index (χ2v) is 5.69. The number of hydrogen-bond acceptors (Lipinski definition) is 6. The van der Waals surface area contributed by atoms with Crippen LogP contribution in [-0.4, -0.2) is 15.9 Å². The third-order valence-corrected chi connectivity index (χ3v) is 4.33. The molecule has 0 bridgehead atoms. The fourth-order valence-electron chi connectivity index (χ4n) is 1.41. The van der Waals surface area contributed by atoms with Gasteiger partial charge in [-0.25, -0.2) is 9.97 Å². The van der Waals surface area contributed by atoms with Gasteiger partial charge in [-0.15, -0.1) is 22.7 Å². The Bertz CT molecular complexity index is 549. The van der Waals surface area contributed by atoms with Crippen molar-refractivity contribution in [1.82, 2.24) is 15.3 Å². The first-order valence-electron chi connectivity index (χ1n) is 5.47. The fourth-order valence-corrected chi connectivity index (χ4v) is 2.87. The molecule has 1 atom stereocenters. The Morgan fingerprint density at radius 3 is 2.78 bits per heavy atom. The number of aryl methyl sites for hydroxylation is 1. The molecule has 0 aromatic carbocycles. The molecule has 0 fully saturated rings. The summed E-state index contributed by atoms with van der Waals surface area (Å²) >= 11 is 2.94. The molecule has 2 rings (SSSR count). The Labute approximate surface area is 113 Å². The van der Waals surface area contributed by atoms with E-state index in [1.165, 1.54) is 11.3 Å². The van der Waals surface area contributed by atoms with Gasteiger partial charge in [0.25, 0.3) is 5.91 Å². The van der Waals surface area contributed by atoms with Crippen LogP contribution in [0, 0.1) is 6.92 Å². The molecule has 0 aliphatic carbocycles. The molecule has 3 N–H and O–H groups in total. The quantitative estimate of drug-likeness (QED) is 0.897. The predicted octanol–water partition coefficient (Wildman–Crippen LogP) is 1.86. The van der Waals surface area contributed by atoms with Crippen LogP contribution in [0.3, 0.4) is 0 Å². The largest absolute Gasteiger partial charge is 0.342 e. The van der Waals surface area contributed by atoms with Crippen LogP contribution in [0.2, 0.25) is 0 Å². The molecule has 2 heterocycles. The van der Waals surface area contributed by atoms with E-state index in [9.17, 15) is 4.79 Å². The number of carbonyl (C=O) groups excluding carboxylic acids is 1. The van der Waals surface area contributed by atoms with Crippen molar-refractivity contribution in [3.8, 4) is 0 Å². The lowest BCUT2D eigenvalue weighted by Crippen LogP contribution is -2.26. The topological polar surface area (TPSA) is 80.9 Å². The Morgan fingerprint density at radius 1 is 1.44 bits per heavy atom. The van der Waals surface area contributed by atoms with Crippen molar-refractivity contribution >= 4 is 28.6 Å². The second-order valence-electron chi connectivity index (χ2n) is 3.85. The number of nitrogens with one attached hydrogen (secondary N) is 1. The zero-order valence-corrected chi connectivity index (χ0v) is 11.8. The summed E-state index contributed by atoms with van der Waals surface area (Å²) in [5, 5.41) is 8.22. The van der Waals surface area contributed by atoms with Gasteiger partial charge in [-0.2, -0.15) is 0 Å². The Balaban J connectivity index is 2.02. The van der Waals surface area contributed by atoms with E-state index in [2.05, 4.69) is 15.3 Å². The van der Waals surface area contributed by atoms with Crippen LogP contribution in [0.15, 0.2) is 10.8 Å². The highest BCUT2D eigenvalue weighted by molar-refractivity contribution is 7.10. The molecular formula is C11H14N4OS2. The maximum Gasteiger partial charge on any atom is 0.271 e. The van der Waals surface area contributed by atoms with Gasteiger partial charge in [-0.1, -0.05) is 0 Å². The van der Waals surface area contributed by atoms with Crippen LogP contribution < -0.4 is 11.1 Å². The summed E-state index contributed by atoms with van der Waals surface area (Å²) in [6.45, 7) is 4.20. The van der Waals surface area contributed by atoms with E-state index in [0.717, 1.165) is 15.7 Å². The van der Waals surface area contributed by atoms with Crippen molar-refractivity contribution in [2.75, 3.05) is 0 Å². The van der Waals surface area contributed by atoms with Crippen molar-refractivity contribution in [1.29, 1.82) is 0 Å². The third-order valence-electron chi connectivity index (χ3n) is 2.31. The maximum atomic E-state index is 11.9. The zero-order valence-electron chi connectivity index (χ0n) is 10.1. The summed E-state index contributed by atoms with van der Waals surface area (Å²) < 4.78 is 0. The first-order valence-corrected chi connectivity index (χ1v) is 7.23. The minimum atomic E-state index is -0.189. The number of thiazole rings is 2. The highest BCUT2D eigenvalue weighted by atomic mass is 32.1. The van der Waals surface area contributed by atoms with Crippen LogP contribution in [0.5, 0.6) is 0 Å². The minimum absolute atomic E-state index is 0.112. The normalized spacial score (nSPS) is 12.4. The highest BCUT2D eigenvalue weighted by Gasteiger charge is 2.16. The van der Waals surface area contributed by atoms with Gasteiger partial charge in [-0.3, -0.25) is 4.79 Å². The Morgan fingerprint density at radius 2 is 2.22 bits per heavy atom. The number of carbonyl (C=O) groups is 1. The summed E-state index contributed by atoms with van der Waals surface area (Å²) in [4.78, 5) is 20.4. The average molecular weight is 282 g/mol. The van der Waals surface area contributed by atoms with Crippen LogP contribution in [0.4, 0.5) is 0 Å². The van der Waals surface area contributed by atoms with Crippen LogP contribution >= 0.6 is 22.7 Å². The van der Waals surface area contributed by atoms with E-state index in [-0.39, 0.29) is 11.9 Å². The number of amides is 1. The third kappa shape index (κ3) is 2.92. The first-order chi connectivity index (χ1) is 8.60. The number of aromatic nitrogens is 2.